The average molecular weight is 317 g/mol. The number of likely N-dealkylation sites (N-methyl/N-ethyl adjacent to an activating group) is 1. The Morgan fingerprint density at radius 2 is 2.10 bits per heavy atom. The average Bonchev–Trinajstić information content (AvgIpc) is 3.08. The van der Waals surface area contributed by atoms with Gasteiger partial charge in [-0.1, -0.05) is 18.2 Å². The first-order valence-electron chi connectivity index (χ1n) is 6.96. The number of thiophene rings is 1. The number of thiazole rings is 1. The molecule has 3 aromatic rings. The van der Waals surface area contributed by atoms with E-state index >= 15 is 0 Å². The van der Waals surface area contributed by atoms with E-state index in [1.807, 2.05) is 5.51 Å². The first kappa shape index (κ1) is 14.7. The van der Waals surface area contributed by atoms with Gasteiger partial charge >= 0.3 is 0 Å². The highest BCUT2D eigenvalue weighted by Gasteiger charge is 2.20. The third kappa shape index (κ3) is 2.87. The molecule has 0 spiro atoms. The lowest BCUT2D eigenvalue weighted by molar-refractivity contribution is 0.245. The van der Waals surface area contributed by atoms with E-state index < -0.39 is 0 Å². The van der Waals surface area contributed by atoms with Gasteiger partial charge in [0, 0.05) is 28.7 Å². The number of nitrogens with two attached hydrogens (primary N) is 1. The Bertz CT molecular complexity index is 732. The van der Waals surface area contributed by atoms with E-state index in [1.165, 1.54) is 20.5 Å². The van der Waals surface area contributed by atoms with Crippen LogP contribution in [0.5, 0.6) is 0 Å². The highest BCUT2D eigenvalue weighted by atomic mass is 32.1. The van der Waals surface area contributed by atoms with Gasteiger partial charge < -0.3 is 5.73 Å². The van der Waals surface area contributed by atoms with Crippen molar-refractivity contribution in [3.8, 4) is 0 Å². The highest BCUT2D eigenvalue weighted by Crippen LogP contribution is 2.33. The Morgan fingerprint density at radius 1 is 1.29 bits per heavy atom. The number of hydrogen-bond donors (Lipinski definition) is 1. The van der Waals surface area contributed by atoms with Crippen LogP contribution >= 0.6 is 22.7 Å². The van der Waals surface area contributed by atoms with Gasteiger partial charge in [0.15, 0.2) is 0 Å². The fraction of sp³-hybridized carbons (Fsp3) is 0.312. The van der Waals surface area contributed by atoms with Crippen LogP contribution in [0, 0.1) is 6.92 Å². The van der Waals surface area contributed by atoms with Crippen LogP contribution in [0.3, 0.4) is 0 Å². The molecule has 0 aliphatic carbocycles. The Morgan fingerprint density at radius 3 is 2.81 bits per heavy atom. The molecule has 0 aliphatic heterocycles. The molecule has 0 fully saturated rings. The van der Waals surface area contributed by atoms with Crippen molar-refractivity contribution in [2.45, 2.75) is 19.5 Å². The Balaban J connectivity index is 1.89. The third-order valence-corrected chi connectivity index (χ3v) is 5.76. The van der Waals surface area contributed by atoms with Crippen LogP contribution in [0.4, 0.5) is 0 Å². The van der Waals surface area contributed by atoms with Crippen molar-refractivity contribution in [3.63, 3.8) is 0 Å². The zero-order chi connectivity index (χ0) is 14.8. The summed E-state index contributed by atoms with van der Waals surface area (Å²) in [4.78, 5) is 7.97. The van der Waals surface area contributed by atoms with Crippen LogP contribution in [0.25, 0.3) is 10.1 Å². The van der Waals surface area contributed by atoms with Crippen molar-refractivity contribution < 1.29 is 0 Å². The summed E-state index contributed by atoms with van der Waals surface area (Å²) < 4.78 is 1.33. The van der Waals surface area contributed by atoms with Crippen LogP contribution in [-0.2, 0) is 6.54 Å². The number of benzene rings is 1. The zero-order valence-corrected chi connectivity index (χ0v) is 13.9. The van der Waals surface area contributed by atoms with Crippen LogP contribution in [0.1, 0.15) is 22.2 Å². The standard InChI is InChI=1S/C16H19N3S2/c1-11-16(21-10-18-11)8-19(2)14(7-17)13-9-20-15-6-4-3-5-12(13)15/h3-6,9-10,14H,7-8,17H2,1-2H3. The summed E-state index contributed by atoms with van der Waals surface area (Å²) in [6, 6.07) is 8.78. The summed E-state index contributed by atoms with van der Waals surface area (Å²) in [5.74, 6) is 0. The Labute approximate surface area is 133 Å². The lowest BCUT2D eigenvalue weighted by Gasteiger charge is -2.26. The lowest BCUT2D eigenvalue weighted by Crippen LogP contribution is -2.30. The second-order valence-corrected chi connectivity index (χ2v) is 7.07. The molecule has 0 aliphatic rings. The number of rotatable bonds is 5. The molecular formula is C16H19N3S2. The molecule has 0 amide bonds. The molecule has 1 atom stereocenters. The molecule has 21 heavy (non-hydrogen) atoms. The molecule has 2 N–H and O–H groups in total. The summed E-state index contributed by atoms with van der Waals surface area (Å²) in [5.41, 5.74) is 10.4. The first-order valence-corrected chi connectivity index (χ1v) is 8.72. The van der Waals surface area contributed by atoms with Gasteiger partial charge in [-0.05, 0) is 36.4 Å². The maximum absolute atomic E-state index is 6.07. The van der Waals surface area contributed by atoms with Gasteiger partial charge in [0.25, 0.3) is 0 Å². The number of fused-ring (bicyclic) bond motifs is 1. The van der Waals surface area contributed by atoms with Gasteiger partial charge in [0.2, 0.25) is 0 Å². The van der Waals surface area contributed by atoms with Crippen molar-refractivity contribution in [3.05, 3.63) is 51.3 Å². The fourth-order valence-corrected chi connectivity index (χ4v) is 4.46. The van der Waals surface area contributed by atoms with Crippen LogP contribution < -0.4 is 5.73 Å². The van der Waals surface area contributed by atoms with Crippen LogP contribution in [0.2, 0.25) is 0 Å². The largest absolute Gasteiger partial charge is 0.329 e. The first-order chi connectivity index (χ1) is 10.2. The summed E-state index contributed by atoms with van der Waals surface area (Å²) in [6.07, 6.45) is 0. The predicted octanol–water partition coefficient (Wildman–Crippen LogP) is 3.80. The normalized spacial score (nSPS) is 13.1. The summed E-state index contributed by atoms with van der Waals surface area (Å²) in [5, 5.41) is 3.57. The van der Waals surface area contributed by atoms with Gasteiger partial charge in [0.05, 0.1) is 11.2 Å². The summed E-state index contributed by atoms with van der Waals surface area (Å²) in [6.45, 7) is 3.58. The second-order valence-electron chi connectivity index (χ2n) is 5.21. The maximum atomic E-state index is 6.07. The molecular weight excluding hydrogens is 298 g/mol. The topological polar surface area (TPSA) is 42.2 Å². The SMILES string of the molecule is Cc1ncsc1CN(C)C(CN)c1csc2ccccc12. The van der Waals surface area contributed by atoms with Gasteiger partial charge in [-0.25, -0.2) is 4.98 Å². The van der Waals surface area contributed by atoms with Gasteiger partial charge in [-0.3, -0.25) is 4.90 Å². The highest BCUT2D eigenvalue weighted by molar-refractivity contribution is 7.17. The van der Waals surface area contributed by atoms with Crippen molar-refractivity contribution in [2.24, 2.45) is 5.73 Å². The Hall–Kier alpha value is -1.27. The minimum absolute atomic E-state index is 0.239. The Kier molecular flexibility index (Phi) is 4.35. The van der Waals surface area contributed by atoms with Crippen molar-refractivity contribution in [1.82, 2.24) is 9.88 Å². The number of aryl methyl sites for hydroxylation is 1. The summed E-state index contributed by atoms with van der Waals surface area (Å²) >= 11 is 3.51. The molecule has 2 aromatic heterocycles. The third-order valence-electron chi connectivity index (χ3n) is 3.86. The van der Waals surface area contributed by atoms with Gasteiger partial charge in [0.1, 0.15) is 0 Å². The van der Waals surface area contributed by atoms with Crippen LogP contribution in [-0.4, -0.2) is 23.5 Å². The molecule has 1 unspecified atom stereocenters. The lowest BCUT2D eigenvalue weighted by atomic mass is 10.0. The number of hydrogen-bond acceptors (Lipinski definition) is 5. The number of nitrogens with zero attached hydrogens (tertiary/aromatic N) is 2. The van der Waals surface area contributed by atoms with E-state index in [-0.39, 0.29) is 6.04 Å². The molecule has 0 saturated carbocycles. The zero-order valence-electron chi connectivity index (χ0n) is 12.2. The second kappa shape index (κ2) is 6.23. The van der Waals surface area contributed by atoms with Crippen LogP contribution in [0.15, 0.2) is 35.2 Å². The molecule has 0 bridgehead atoms. The molecule has 2 heterocycles. The van der Waals surface area contributed by atoms with Crippen molar-refractivity contribution >= 4 is 32.8 Å². The van der Waals surface area contributed by atoms with E-state index in [0.717, 1.165) is 12.2 Å². The van der Waals surface area contributed by atoms with Crippen molar-refractivity contribution in [2.75, 3.05) is 13.6 Å². The van der Waals surface area contributed by atoms with Gasteiger partial charge in [-0.15, -0.1) is 22.7 Å². The minimum Gasteiger partial charge on any atom is -0.329 e. The number of aromatic nitrogens is 1. The van der Waals surface area contributed by atoms with E-state index in [4.69, 9.17) is 5.73 Å². The van der Waals surface area contributed by atoms with Gasteiger partial charge in [-0.2, -0.15) is 0 Å². The minimum atomic E-state index is 0.239. The molecule has 0 radical (unpaired) electrons. The van der Waals surface area contributed by atoms with E-state index in [9.17, 15) is 0 Å². The van der Waals surface area contributed by atoms with E-state index in [2.05, 4.69) is 53.5 Å². The smallest absolute Gasteiger partial charge is 0.0798 e. The molecule has 5 heteroatoms. The van der Waals surface area contributed by atoms with Crippen molar-refractivity contribution in [1.29, 1.82) is 0 Å². The molecule has 110 valence electrons. The monoisotopic (exact) mass is 317 g/mol. The predicted molar refractivity (Wildman–Crippen MR) is 91.9 cm³/mol. The molecule has 3 rings (SSSR count). The van der Waals surface area contributed by atoms with E-state index in [0.29, 0.717) is 6.54 Å². The maximum Gasteiger partial charge on any atom is 0.0798 e. The molecule has 1 aromatic carbocycles. The molecule has 3 nitrogen and oxygen atoms in total. The quantitative estimate of drug-likeness (QED) is 0.778. The van der Waals surface area contributed by atoms with E-state index in [1.54, 1.807) is 22.7 Å². The molecule has 0 saturated heterocycles. The fourth-order valence-electron chi connectivity index (χ4n) is 2.62. The summed E-state index contributed by atoms with van der Waals surface area (Å²) in [7, 11) is 2.14.